The number of aromatic nitrogens is 2. The third kappa shape index (κ3) is 15.6. The zero-order chi connectivity index (χ0) is 49.8. The first-order valence-corrected chi connectivity index (χ1v) is 25.9. The van der Waals surface area contributed by atoms with E-state index in [-0.39, 0.29) is 37.9 Å². The lowest BCUT2D eigenvalue weighted by atomic mass is 9.79. The van der Waals surface area contributed by atoms with E-state index < -0.39 is 11.2 Å². The summed E-state index contributed by atoms with van der Waals surface area (Å²) in [6.45, 7) is 43.5. The average Bonchev–Trinajstić information content (AvgIpc) is 3.48. The van der Waals surface area contributed by atoms with Crippen LogP contribution >= 0.6 is 15.9 Å². The van der Waals surface area contributed by atoms with Crippen molar-refractivity contribution in [3.8, 4) is 0 Å². The highest BCUT2D eigenvalue weighted by molar-refractivity contribution is 9.10. The molecule has 69 heavy (non-hydrogen) atoms. The van der Waals surface area contributed by atoms with Gasteiger partial charge in [-0.15, -0.1) is 0 Å². The van der Waals surface area contributed by atoms with E-state index >= 15 is 0 Å². The van der Waals surface area contributed by atoms with Crippen LogP contribution in [0.2, 0.25) is 0 Å². The second-order valence-electron chi connectivity index (χ2n) is 22.7. The first-order valence-electron chi connectivity index (χ1n) is 25.1. The number of halogens is 1. The fraction of sp³-hybridized carbons (Fsp3) is 0.765. The molecule has 388 valence electrons. The Bertz CT molecular complexity index is 1930. The van der Waals surface area contributed by atoms with E-state index in [1.165, 1.54) is 0 Å². The van der Waals surface area contributed by atoms with Gasteiger partial charge in [-0.1, -0.05) is 23.4 Å². The van der Waals surface area contributed by atoms with Gasteiger partial charge >= 0.3 is 19.3 Å². The van der Waals surface area contributed by atoms with Gasteiger partial charge in [0.15, 0.2) is 0 Å². The Balaban J connectivity index is 0.000000261. The molecule has 7 heterocycles. The van der Waals surface area contributed by atoms with Crippen molar-refractivity contribution in [2.75, 3.05) is 115 Å². The van der Waals surface area contributed by atoms with Crippen LogP contribution in [-0.4, -0.2) is 210 Å². The van der Waals surface area contributed by atoms with Gasteiger partial charge in [0.25, 0.3) is 0 Å². The molecule has 0 unspecified atom stereocenters. The van der Waals surface area contributed by atoms with Crippen LogP contribution in [0.4, 0.5) is 21.2 Å². The molecule has 16 nitrogen and oxygen atoms in total. The van der Waals surface area contributed by atoms with Crippen LogP contribution < -0.4 is 15.3 Å². The molecule has 7 rings (SSSR count). The van der Waals surface area contributed by atoms with Gasteiger partial charge in [0.05, 0.1) is 11.2 Å². The average molecular weight is 1030 g/mol. The molecule has 5 aliphatic heterocycles. The standard InChI is InChI=1S/C28H48BN5O4.C22H36BrN5O2.CH4/c1-21-19-33(24-18-23(10-11-30-24)29-37-27(6,7)28(8,9)38-29)20-22(2)34(21)17-14-31-12-15-32(16-13-31)25(35)36-26(3,4)5;1-17-15-27(20-14-19(23)6-7-24-20)16-18(2)28(17)13-10-25-8-11-26(12-9-25)21(29)30-22(3,4)5;/h10-11,18,21-22H,12-17,19-20H2,1-9H3;6-7,14,17-18H,8-13,15-16H2,1-5H3;1H4/t21-,22+;17-,18+;. The number of carbonyl (C=O) groups excluding carboxylic acids is 2. The highest BCUT2D eigenvalue weighted by Gasteiger charge is 2.52. The van der Waals surface area contributed by atoms with Crippen molar-refractivity contribution in [3.63, 3.8) is 0 Å². The minimum atomic E-state index is -0.453. The molecule has 0 N–H and O–H groups in total. The predicted octanol–water partition coefficient (Wildman–Crippen LogP) is 6.76. The summed E-state index contributed by atoms with van der Waals surface area (Å²) in [5, 5.41) is 0. The van der Waals surface area contributed by atoms with E-state index in [0.717, 1.165) is 126 Å². The van der Waals surface area contributed by atoms with Gasteiger partial charge < -0.3 is 38.4 Å². The Kier molecular flexibility index (Phi) is 19.3. The number of carbonyl (C=O) groups is 2. The highest BCUT2D eigenvalue weighted by Crippen LogP contribution is 2.37. The summed E-state index contributed by atoms with van der Waals surface area (Å²) in [5.41, 5.74) is -0.600. The van der Waals surface area contributed by atoms with Crippen LogP contribution in [0, 0.1) is 0 Å². The van der Waals surface area contributed by atoms with Crippen molar-refractivity contribution < 1.29 is 28.4 Å². The minimum Gasteiger partial charge on any atom is -0.444 e. The molecule has 4 atom stereocenters. The van der Waals surface area contributed by atoms with Gasteiger partial charge in [-0.3, -0.25) is 19.6 Å². The summed E-state index contributed by atoms with van der Waals surface area (Å²) in [7, 11) is -0.381. The van der Waals surface area contributed by atoms with Gasteiger partial charge in [-0.05, 0) is 127 Å². The highest BCUT2D eigenvalue weighted by atomic mass is 79.9. The number of nitrogens with zero attached hydrogens (tertiary/aromatic N) is 10. The molecule has 0 aromatic carbocycles. The minimum absolute atomic E-state index is 0. The summed E-state index contributed by atoms with van der Waals surface area (Å²) in [6, 6.07) is 9.94. The number of rotatable bonds is 9. The first kappa shape index (κ1) is 56.7. The number of hydrogen-bond donors (Lipinski definition) is 0. The van der Waals surface area contributed by atoms with E-state index in [0.29, 0.717) is 24.2 Å². The lowest BCUT2D eigenvalue weighted by Crippen LogP contribution is -2.59. The molecule has 0 spiro atoms. The number of piperazine rings is 4. The van der Waals surface area contributed by atoms with Crippen LogP contribution in [0.3, 0.4) is 0 Å². The van der Waals surface area contributed by atoms with Gasteiger partial charge in [0.1, 0.15) is 22.8 Å². The fourth-order valence-corrected chi connectivity index (χ4v) is 10.1. The van der Waals surface area contributed by atoms with Gasteiger partial charge in [-0.25, -0.2) is 19.6 Å². The van der Waals surface area contributed by atoms with Gasteiger partial charge in [0, 0.05) is 146 Å². The summed E-state index contributed by atoms with van der Waals surface area (Å²) in [4.78, 5) is 52.4. The molecule has 2 aromatic rings. The maximum absolute atomic E-state index is 12.4. The second kappa shape index (κ2) is 23.5. The summed E-state index contributed by atoms with van der Waals surface area (Å²) in [5.74, 6) is 2.02. The molecule has 0 radical (unpaired) electrons. The maximum atomic E-state index is 12.4. The zero-order valence-electron chi connectivity index (χ0n) is 44.0. The predicted molar refractivity (Wildman–Crippen MR) is 283 cm³/mol. The van der Waals surface area contributed by atoms with Crippen LogP contribution in [0.15, 0.2) is 41.1 Å². The van der Waals surface area contributed by atoms with Crippen LogP contribution in [-0.2, 0) is 18.8 Å². The van der Waals surface area contributed by atoms with Crippen molar-refractivity contribution in [1.82, 2.24) is 39.4 Å². The molecule has 0 bridgehead atoms. The first-order chi connectivity index (χ1) is 31.8. The van der Waals surface area contributed by atoms with Crippen molar-refractivity contribution in [1.29, 1.82) is 0 Å². The Morgan fingerprint density at radius 3 is 1.35 bits per heavy atom. The Hall–Kier alpha value is -3.26. The third-order valence-corrected chi connectivity index (χ3v) is 14.7. The monoisotopic (exact) mass is 1030 g/mol. The van der Waals surface area contributed by atoms with E-state index in [9.17, 15) is 9.59 Å². The molecular formula is C51H88BBrN10O6. The van der Waals surface area contributed by atoms with E-state index in [4.69, 9.17) is 23.8 Å². The van der Waals surface area contributed by atoms with E-state index in [1.807, 2.05) is 75.9 Å². The molecule has 2 amide bonds. The van der Waals surface area contributed by atoms with Gasteiger partial charge in [0.2, 0.25) is 0 Å². The Labute approximate surface area is 424 Å². The largest absolute Gasteiger partial charge is 0.495 e. The van der Waals surface area contributed by atoms with E-state index in [1.54, 1.807) is 0 Å². The SMILES string of the molecule is C.C[C@@H]1CN(c2cc(B3OC(C)(C)C(C)(C)O3)ccn2)C[C@H](C)N1CCN1CCN(C(=O)OC(C)(C)C)CC1.C[C@@H]1CN(c2cc(Br)ccn2)C[C@H](C)N1CCN1CCN(C(=O)OC(C)(C)C)CC1. The summed E-state index contributed by atoms with van der Waals surface area (Å²) >= 11 is 3.55. The van der Waals surface area contributed by atoms with Crippen LogP contribution in [0.1, 0.15) is 104 Å². The molecule has 5 aliphatic rings. The second-order valence-corrected chi connectivity index (χ2v) is 23.6. The molecule has 0 saturated carbocycles. The molecule has 2 aromatic heterocycles. The zero-order valence-corrected chi connectivity index (χ0v) is 45.6. The lowest BCUT2D eigenvalue weighted by Gasteiger charge is -2.46. The number of ether oxygens (including phenoxy) is 2. The summed E-state index contributed by atoms with van der Waals surface area (Å²) < 4.78 is 24.6. The van der Waals surface area contributed by atoms with Crippen molar-refractivity contribution >= 4 is 52.3 Å². The summed E-state index contributed by atoms with van der Waals surface area (Å²) in [6.07, 6.45) is 3.33. The molecule has 18 heteroatoms. The van der Waals surface area contributed by atoms with Crippen molar-refractivity contribution in [2.45, 2.75) is 151 Å². The molecule has 5 fully saturated rings. The number of amides is 2. The normalized spacial score (nSPS) is 25.2. The van der Waals surface area contributed by atoms with Gasteiger partial charge in [-0.2, -0.15) is 0 Å². The van der Waals surface area contributed by atoms with Crippen LogP contribution in [0.5, 0.6) is 0 Å². The molecule has 0 aliphatic carbocycles. The molecular weight excluding hydrogens is 939 g/mol. The molecule has 5 saturated heterocycles. The fourth-order valence-electron chi connectivity index (χ4n) is 9.74. The smallest absolute Gasteiger partial charge is 0.444 e. The van der Waals surface area contributed by atoms with Crippen LogP contribution in [0.25, 0.3) is 0 Å². The number of hydrogen-bond acceptors (Lipinski definition) is 14. The Morgan fingerprint density at radius 2 is 0.986 bits per heavy atom. The van der Waals surface area contributed by atoms with Crippen molar-refractivity contribution in [3.05, 3.63) is 41.1 Å². The third-order valence-electron chi connectivity index (χ3n) is 14.3. The van der Waals surface area contributed by atoms with E-state index in [2.05, 4.69) is 118 Å². The maximum Gasteiger partial charge on any atom is 0.495 e. The topological polar surface area (TPSA) is 123 Å². The Morgan fingerprint density at radius 1 is 0.623 bits per heavy atom. The van der Waals surface area contributed by atoms with Crippen molar-refractivity contribution in [2.24, 2.45) is 0 Å². The number of pyridine rings is 2. The lowest BCUT2D eigenvalue weighted by molar-refractivity contribution is 0.00578. The number of anilines is 2. The quantitative estimate of drug-likeness (QED) is 0.246.